The van der Waals surface area contributed by atoms with Gasteiger partial charge in [0.15, 0.2) is 9.84 Å². The van der Waals surface area contributed by atoms with Crippen molar-refractivity contribution in [3.05, 3.63) is 51.7 Å². The maximum absolute atomic E-state index is 12.1. The van der Waals surface area contributed by atoms with Gasteiger partial charge in [0.1, 0.15) is 0 Å². The number of esters is 1. The lowest BCUT2D eigenvalue weighted by molar-refractivity contribution is 0.0509. The molecular formula is C15H16O4S2. The Morgan fingerprint density at radius 1 is 1.29 bits per heavy atom. The van der Waals surface area contributed by atoms with E-state index in [2.05, 4.69) is 0 Å². The van der Waals surface area contributed by atoms with Crippen LogP contribution in [0.3, 0.4) is 0 Å². The van der Waals surface area contributed by atoms with E-state index in [-0.39, 0.29) is 11.5 Å². The lowest BCUT2D eigenvalue weighted by atomic mass is 10.1. The zero-order chi connectivity index (χ0) is 15.5. The van der Waals surface area contributed by atoms with Crippen LogP contribution in [0.5, 0.6) is 0 Å². The second-order valence-electron chi connectivity index (χ2n) is 4.71. The van der Waals surface area contributed by atoms with Crippen LogP contribution in [-0.2, 0) is 21.0 Å². The standard InChI is InChI=1S/C15H16O4S2/c1-11-5-6-13(21(2,17)18)10-14(11)15(16)19-8-7-12-4-3-9-20-12/h3-6,9-10H,7-8H2,1-2H3. The number of rotatable bonds is 5. The summed E-state index contributed by atoms with van der Waals surface area (Å²) in [5.41, 5.74) is 0.993. The minimum absolute atomic E-state index is 0.123. The Labute approximate surface area is 128 Å². The molecule has 0 atom stereocenters. The van der Waals surface area contributed by atoms with E-state index >= 15 is 0 Å². The first kappa shape index (κ1) is 15.7. The zero-order valence-corrected chi connectivity index (χ0v) is 13.5. The first-order valence-electron chi connectivity index (χ1n) is 6.38. The molecule has 112 valence electrons. The van der Waals surface area contributed by atoms with Crippen molar-refractivity contribution in [3.63, 3.8) is 0 Å². The highest BCUT2D eigenvalue weighted by molar-refractivity contribution is 7.90. The molecule has 0 unspecified atom stereocenters. The zero-order valence-electron chi connectivity index (χ0n) is 11.8. The van der Waals surface area contributed by atoms with Gasteiger partial charge in [-0.25, -0.2) is 13.2 Å². The molecule has 1 aromatic carbocycles. The molecule has 0 aliphatic rings. The van der Waals surface area contributed by atoms with Gasteiger partial charge in [-0.2, -0.15) is 0 Å². The lowest BCUT2D eigenvalue weighted by Crippen LogP contribution is -2.10. The minimum Gasteiger partial charge on any atom is -0.462 e. The van der Waals surface area contributed by atoms with Crippen molar-refractivity contribution in [1.29, 1.82) is 0 Å². The van der Waals surface area contributed by atoms with Crippen molar-refractivity contribution in [1.82, 2.24) is 0 Å². The highest BCUT2D eigenvalue weighted by atomic mass is 32.2. The van der Waals surface area contributed by atoms with Gasteiger partial charge in [0.2, 0.25) is 0 Å². The fourth-order valence-electron chi connectivity index (χ4n) is 1.83. The average Bonchev–Trinajstić information content (AvgIpc) is 2.91. The Hall–Kier alpha value is -1.66. The molecule has 1 aromatic heterocycles. The van der Waals surface area contributed by atoms with E-state index in [9.17, 15) is 13.2 Å². The van der Waals surface area contributed by atoms with Crippen LogP contribution in [0.15, 0.2) is 40.6 Å². The monoisotopic (exact) mass is 324 g/mol. The number of aryl methyl sites for hydroxylation is 1. The normalized spacial score (nSPS) is 11.3. The lowest BCUT2D eigenvalue weighted by Gasteiger charge is -2.08. The summed E-state index contributed by atoms with van der Waals surface area (Å²) in [7, 11) is -3.34. The van der Waals surface area contributed by atoms with E-state index in [1.54, 1.807) is 24.3 Å². The Balaban J connectivity index is 2.08. The molecule has 0 aliphatic carbocycles. The molecule has 0 spiro atoms. The second kappa shape index (κ2) is 6.41. The summed E-state index contributed by atoms with van der Waals surface area (Å²) in [6.45, 7) is 2.03. The molecular weight excluding hydrogens is 308 g/mol. The molecule has 6 heteroatoms. The van der Waals surface area contributed by atoms with Crippen LogP contribution >= 0.6 is 11.3 Å². The van der Waals surface area contributed by atoms with E-state index in [1.807, 2.05) is 17.5 Å². The number of benzene rings is 1. The number of sulfone groups is 1. The fourth-order valence-corrected chi connectivity index (χ4v) is 3.17. The Morgan fingerprint density at radius 2 is 2.05 bits per heavy atom. The molecule has 0 bridgehead atoms. The van der Waals surface area contributed by atoms with Crippen LogP contribution < -0.4 is 0 Å². The molecule has 0 N–H and O–H groups in total. The minimum atomic E-state index is -3.34. The van der Waals surface area contributed by atoms with Gasteiger partial charge in [-0.3, -0.25) is 0 Å². The van der Waals surface area contributed by atoms with Crippen molar-refractivity contribution in [3.8, 4) is 0 Å². The van der Waals surface area contributed by atoms with Gasteiger partial charge in [-0.1, -0.05) is 12.1 Å². The van der Waals surface area contributed by atoms with E-state index < -0.39 is 15.8 Å². The van der Waals surface area contributed by atoms with E-state index in [4.69, 9.17) is 4.74 Å². The van der Waals surface area contributed by atoms with Gasteiger partial charge < -0.3 is 4.74 Å². The van der Waals surface area contributed by atoms with Gasteiger partial charge in [0.05, 0.1) is 17.1 Å². The topological polar surface area (TPSA) is 60.4 Å². The molecule has 0 fully saturated rings. The van der Waals surface area contributed by atoms with Crippen LogP contribution in [0.25, 0.3) is 0 Å². The molecule has 0 saturated heterocycles. The second-order valence-corrected chi connectivity index (χ2v) is 7.76. The maximum atomic E-state index is 12.1. The number of carbonyl (C=O) groups is 1. The molecule has 0 radical (unpaired) electrons. The summed E-state index contributed by atoms with van der Waals surface area (Å²) >= 11 is 1.61. The van der Waals surface area contributed by atoms with Gasteiger partial charge in [-0.15, -0.1) is 11.3 Å². The summed E-state index contributed by atoms with van der Waals surface area (Å²) in [4.78, 5) is 13.3. The first-order valence-corrected chi connectivity index (χ1v) is 9.15. The summed E-state index contributed by atoms with van der Waals surface area (Å²) in [6.07, 6.45) is 1.78. The largest absolute Gasteiger partial charge is 0.462 e. The number of carbonyl (C=O) groups excluding carboxylic acids is 1. The van der Waals surface area contributed by atoms with E-state index in [0.717, 1.165) is 11.1 Å². The van der Waals surface area contributed by atoms with Crippen molar-refractivity contribution >= 4 is 27.1 Å². The quantitative estimate of drug-likeness (QED) is 0.794. The van der Waals surface area contributed by atoms with Gasteiger partial charge in [0.25, 0.3) is 0 Å². The van der Waals surface area contributed by atoms with E-state index in [1.165, 1.54) is 12.1 Å². The summed E-state index contributed by atoms with van der Waals surface area (Å²) in [5, 5.41) is 1.97. The highest BCUT2D eigenvalue weighted by Gasteiger charge is 2.15. The fraction of sp³-hybridized carbons (Fsp3) is 0.267. The Kier molecular flexibility index (Phi) is 4.80. The SMILES string of the molecule is Cc1ccc(S(C)(=O)=O)cc1C(=O)OCCc1cccs1. The van der Waals surface area contributed by atoms with Crippen molar-refractivity contribution in [2.24, 2.45) is 0 Å². The third kappa shape index (κ3) is 4.15. The summed E-state index contributed by atoms with van der Waals surface area (Å²) in [5.74, 6) is -0.491. The third-order valence-corrected chi connectivity index (χ3v) is 5.07. The van der Waals surface area contributed by atoms with Crippen LogP contribution in [0.1, 0.15) is 20.8 Å². The van der Waals surface area contributed by atoms with Gasteiger partial charge in [-0.05, 0) is 36.1 Å². The van der Waals surface area contributed by atoms with Gasteiger partial charge >= 0.3 is 5.97 Å². The number of thiophene rings is 1. The molecule has 21 heavy (non-hydrogen) atoms. The van der Waals surface area contributed by atoms with Crippen LogP contribution in [-0.4, -0.2) is 27.2 Å². The van der Waals surface area contributed by atoms with Crippen molar-refractivity contribution in [2.75, 3.05) is 12.9 Å². The van der Waals surface area contributed by atoms with Crippen LogP contribution in [0.4, 0.5) is 0 Å². The smallest absolute Gasteiger partial charge is 0.338 e. The third-order valence-electron chi connectivity index (χ3n) is 3.02. The molecule has 1 heterocycles. The van der Waals surface area contributed by atoms with E-state index in [0.29, 0.717) is 17.5 Å². The number of hydrogen-bond acceptors (Lipinski definition) is 5. The van der Waals surface area contributed by atoms with Gasteiger partial charge in [0, 0.05) is 17.6 Å². The molecule has 0 saturated carbocycles. The summed E-state index contributed by atoms with van der Waals surface area (Å²) < 4.78 is 28.3. The molecule has 4 nitrogen and oxygen atoms in total. The number of ether oxygens (including phenoxy) is 1. The molecule has 0 amide bonds. The molecule has 2 rings (SSSR count). The van der Waals surface area contributed by atoms with Crippen molar-refractivity contribution in [2.45, 2.75) is 18.2 Å². The summed E-state index contributed by atoms with van der Waals surface area (Å²) in [6, 6.07) is 8.41. The average molecular weight is 324 g/mol. The molecule has 0 aliphatic heterocycles. The first-order chi connectivity index (χ1) is 9.88. The Bertz CT molecular complexity index is 731. The predicted octanol–water partition coefficient (Wildman–Crippen LogP) is 2.86. The van der Waals surface area contributed by atoms with Crippen molar-refractivity contribution < 1.29 is 17.9 Å². The molecule has 2 aromatic rings. The van der Waals surface area contributed by atoms with Crippen LogP contribution in [0.2, 0.25) is 0 Å². The number of hydrogen-bond donors (Lipinski definition) is 0. The Morgan fingerprint density at radius 3 is 2.67 bits per heavy atom. The maximum Gasteiger partial charge on any atom is 0.338 e. The predicted molar refractivity (Wildman–Crippen MR) is 82.6 cm³/mol. The van der Waals surface area contributed by atoms with Crippen LogP contribution in [0, 0.1) is 6.92 Å². The highest BCUT2D eigenvalue weighted by Crippen LogP contribution is 2.17.